The Kier molecular flexibility index (Phi) is 3.49. The Labute approximate surface area is 65.1 Å². The largest absolute Gasteiger partial charge is 0.120 e. The van der Waals surface area contributed by atoms with Crippen LogP contribution in [0.2, 0.25) is 0 Å². The Balaban J connectivity index is 3.39. The van der Waals surface area contributed by atoms with Crippen molar-refractivity contribution in [3.8, 4) is 0 Å². The molecule has 0 aliphatic rings. The van der Waals surface area contributed by atoms with Crippen LogP contribution in [0.25, 0.3) is 0 Å². The minimum Gasteiger partial charge on any atom is -0.120 e. The molecule has 0 nitrogen and oxygen atoms in total. The second-order valence-corrected chi connectivity index (χ2v) is 4.61. The first kappa shape index (κ1) is 8.87. The van der Waals surface area contributed by atoms with Crippen LogP contribution in [-0.2, 0) is 0 Å². The summed E-state index contributed by atoms with van der Waals surface area (Å²) >= 11 is 16.6. The van der Waals surface area contributed by atoms with E-state index in [9.17, 15) is 0 Å². The van der Waals surface area contributed by atoms with Gasteiger partial charge in [-0.3, -0.25) is 0 Å². The number of hydrogen-bond donors (Lipinski definition) is 0. The fraction of sp³-hybridized carbons (Fsp3) is 1.00. The second-order valence-electron chi connectivity index (χ2n) is 2.31. The molecule has 0 aromatic rings. The average molecular weight is 175 g/mol. The average Bonchev–Trinajstić information content (AvgIpc) is 1.21. The van der Waals surface area contributed by atoms with E-state index in [1.165, 1.54) is 0 Å². The second kappa shape index (κ2) is 3.14. The Morgan fingerprint density at radius 3 is 1.75 bits per heavy atom. The van der Waals surface area contributed by atoms with E-state index in [1.807, 2.05) is 13.8 Å². The van der Waals surface area contributed by atoms with Crippen LogP contribution in [0.5, 0.6) is 0 Å². The van der Waals surface area contributed by atoms with E-state index in [1.54, 1.807) is 0 Å². The zero-order chi connectivity index (χ0) is 6.78. The molecule has 0 unspecified atom stereocenters. The number of hydrogen-bond acceptors (Lipinski definition) is 0. The third-order valence-corrected chi connectivity index (χ3v) is 1.10. The van der Waals surface area contributed by atoms with E-state index in [2.05, 4.69) is 0 Å². The van der Waals surface area contributed by atoms with Crippen molar-refractivity contribution in [3.63, 3.8) is 0 Å². The predicted molar refractivity (Wildman–Crippen MR) is 40.0 cm³/mol. The monoisotopic (exact) mass is 174 g/mol. The van der Waals surface area contributed by atoms with Gasteiger partial charge < -0.3 is 0 Å². The lowest BCUT2D eigenvalue weighted by Crippen LogP contribution is -2.13. The highest BCUT2D eigenvalue weighted by Crippen LogP contribution is 2.23. The Morgan fingerprint density at radius 2 is 1.75 bits per heavy atom. The molecule has 0 rings (SSSR count). The van der Waals surface area contributed by atoms with E-state index in [-0.39, 0.29) is 9.71 Å². The maximum absolute atomic E-state index is 5.76. The quantitative estimate of drug-likeness (QED) is 0.566. The smallest absolute Gasteiger partial charge is 0.109 e. The van der Waals surface area contributed by atoms with Crippen LogP contribution in [0, 0.1) is 0 Å². The first-order valence-corrected chi connectivity index (χ1v) is 3.64. The van der Waals surface area contributed by atoms with Gasteiger partial charge >= 0.3 is 0 Å². The van der Waals surface area contributed by atoms with Crippen molar-refractivity contribution in [1.29, 1.82) is 0 Å². The summed E-state index contributed by atoms with van der Waals surface area (Å²) in [5.41, 5.74) is 0. The van der Waals surface area contributed by atoms with Gasteiger partial charge in [-0.1, -0.05) is 0 Å². The fourth-order valence-corrected chi connectivity index (χ4v) is 1.45. The van der Waals surface area contributed by atoms with Crippen molar-refractivity contribution in [3.05, 3.63) is 0 Å². The van der Waals surface area contributed by atoms with Gasteiger partial charge in [0.05, 0.1) is 0 Å². The van der Waals surface area contributed by atoms with Gasteiger partial charge in [0.2, 0.25) is 0 Å². The number of alkyl halides is 3. The summed E-state index contributed by atoms with van der Waals surface area (Å²) in [5, 5.41) is 0. The topological polar surface area (TPSA) is 0 Å². The molecule has 0 aromatic carbocycles. The number of halogens is 3. The standard InChI is InChI=1S/C5H9Cl3/c1-5(2,8)3-4(6)7/h4H,3H2,1-2H3. The third-order valence-electron chi connectivity index (χ3n) is 0.640. The summed E-state index contributed by atoms with van der Waals surface area (Å²) in [6.45, 7) is 3.76. The number of rotatable bonds is 2. The van der Waals surface area contributed by atoms with Crippen molar-refractivity contribution in [2.75, 3.05) is 0 Å². The van der Waals surface area contributed by atoms with Crippen LogP contribution in [-0.4, -0.2) is 9.71 Å². The lowest BCUT2D eigenvalue weighted by Gasteiger charge is -2.14. The van der Waals surface area contributed by atoms with Crippen LogP contribution >= 0.6 is 34.8 Å². The van der Waals surface area contributed by atoms with E-state index in [4.69, 9.17) is 34.8 Å². The van der Waals surface area contributed by atoms with Crippen LogP contribution in [0.3, 0.4) is 0 Å². The summed E-state index contributed by atoms with van der Waals surface area (Å²) in [6.07, 6.45) is 0.623. The van der Waals surface area contributed by atoms with Gasteiger partial charge in [-0.05, 0) is 20.3 Å². The molecular weight excluding hydrogens is 166 g/mol. The summed E-state index contributed by atoms with van der Waals surface area (Å²) in [5.74, 6) is 0. The summed E-state index contributed by atoms with van der Waals surface area (Å²) < 4.78 is 0. The van der Waals surface area contributed by atoms with E-state index < -0.39 is 0 Å². The van der Waals surface area contributed by atoms with Gasteiger partial charge in [0.15, 0.2) is 0 Å². The molecule has 8 heavy (non-hydrogen) atoms. The highest BCUT2D eigenvalue weighted by Gasteiger charge is 2.16. The van der Waals surface area contributed by atoms with Crippen LogP contribution in [0.15, 0.2) is 0 Å². The minimum atomic E-state index is -0.345. The molecule has 0 spiro atoms. The molecular formula is C5H9Cl3. The molecule has 0 N–H and O–H groups in total. The highest BCUT2D eigenvalue weighted by molar-refractivity contribution is 6.44. The molecule has 0 aliphatic carbocycles. The molecule has 0 heterocycles. The van der Waals surface area contributed by atoms with Gasteiger partial charge in [-0.25, -0.2) is 0 Å². The summed E-state index contributed by atoms with van der Waals surface area (Å²) in [7, 11) is 0. The van der Waals surface area contributed by atoms with E-state index in [0.29, 0.717) is 6.42 Å². The van der Waals surface area contributed by atoms with Crippen LogP contribution < -0.4 is 0 Å². The van der Waals surface area contributed by atoms with Crippen molar-refractivity contribution >= 4 is 34.8 Å². The molecule has 0 aromatic heterocycles. The summed E-state index contributed by atoms with van der Waals surface area (Å²) in [4.78, 5) is -0.615. The van der Waals surface area contributed by atoms with E-state index in [0.717, 1.165) is 0 Å². The Hall–Kier alpha value is 0.870. The molecule has 0 radical (unpaired) electrons. The predicted octanol–water partition coefficient (Wildman–Crippen LogP) is 3.20. The van der Waals surface area contributed by atoms with E-state index >= 15 is 0 Å². The van der Waals surface area contributed by atoms with Crippen molar-refractivity contribution in [2.24, 2.45) is 0 Å². The molecule has 50 valence electrons. The van der Waals surface area contributed by atoms with Crippen molar-refractivity contribution < 1.29 is 0 Å². The molecule has 0 fully saturated rings. The van der Waals surface area contributed by atoms with Crippen LogP contribution in [0.4, 0.5) is 0 Å². The normalized spacial score (nSPS) is 12.8. The zero-order valence-corrected chi connectivity index (χ0v) is 7.19. The van der Waals surface area contributed by atoms with Gasteiger partial charge in [-0.2, -0.15) is 0 Å². The molecule has 0 saturated carbocycles. The zero-order valence-electron chi connectivity index (χ0n) is 4.92. The third kappa shape index (κ3) is 6.87. The van der Waals surface area contributed by atoms with Gasteiger partial charge in [0, 0.05) is 4.87 Å². The van der Waals surface area contributed by atoms with Gasteiger partial charge in [0.25, 0.3) is 0 Å². The first-order chi connectivity index (χ1) is 3.42. The molecule has 0 bridgehead atoms. The van der Waals surface area contributed by atoms with Crippen molar-refractivity contribution in [2.45, 2.75) is 30.0 Å². The fourth-order valence-electron chi connectivity index (χ4n) is 0.367. The Bertz CT molecular complexity index is 62.6. The SMILES string of the molecule is CC(C)(Cl)CC(Cl)Cl. The lowest BCUT2D eigenvalue weighted by atomic mass is 10.1. The van der Waals surface area contributed by atoms with Gasteiger partial charge in [-0.15, -0.1) is 34.8 Å². The lowest BCUT2D eigenvalue weighted by molar-refractivity contribution is 0.659. The maximum atomic E-state index is 5.76. The molecule has 0 aliphatic heterocycles. The Morgan fingerprint density at radius 1 is 1.38 bits per heavy atom. The minimum absolute atomic E-state index is 0.270. The summed E-state index contributed by atoms with van der Waals surface area (Å²) in [6, 6.07) is 0. The van der Waals surface area contributed by atoms with Crippen LogP contribution in [0.1, 0.15) is 20.3 Å². The molecule has 0 amide bonds. The highest BCUT2D eigenvalue weighted by atomic mass is 35.5. The molecule has 0 saturated heterocycles. The van der Waals surface area contributed by atoms with Gasteiger partial charge in [0.1, 0.15) is 4.84 Å². The van der Waals surface area contributed by atoms with Crippen molar-refractivity contribution in [1.82, 2.24) is 0 Å². The first-order valence-electron chi connectivity index (χ1n) is 2.39. The maximum Gasteiger partial charge on any atom is 0.109 e. The molecule has 3 heteroatoms. The molecule has 0 atom stereocenters.